The molecule has 0 aliphatic rings. The van der Waals surface area contributed by atoms with Crippen molar-refractivity contribution in [2.45, 2.75) is 32.7 Å². The zero-order valence-electron chi connectivity index (χ0n) is 9.95. The molecule has 0 bridgehead atoms. The number of hydrogen-bond acceptors (Lipinski definition) is 4. The van der Waals surface area contributed by atoms with Crippen molar-refractivity contribution in [2.75, 3.05) is 12.4 Å². The highest BCUT2D eigenvalue weighted by Crippen LogP contribution is 2.07. The fourth-order valence-electron chi connectivity index (χ4n) is 1.36. The molecule has 0 spiro atoms. The third-order valence-corrected chi connectivity index (χ3v) is 2.46. The van der Waals surface area contributed by atoms with Crippen molar-refractivity contribution in [2.24, 2.45) is 0 Å². The molecular formula is C11H18N4O. The highest BCUT2D eigenvalue weighted by Gasteiger charge is 2.07. The predicted molar refractivity (Wildman–Crippen MR) is 63.4 cm³/mol. The first-order chi connectivity index (χ1) is 7.71. The summed E-state index contributed by atoms with van der Waals surface area (Å²) in [5.41, 5.74) is 0.331. The summed E-state index contributed by atoms with van der Waals surface area (Å²) in [4.78, 5) is 11.2. The van der Waals surface area contributed by atoms with Crippen molar-refractivity contribution in [3.05, 3.63) is 17.8 Å². The molecule has 0 fully saturated rings. The maximum atomic E-state index is 11.2. The van der Waals surface area contributed by atoms with Gasteiger partial charge in [0.15, 0.2) is 5.69 Å². The minimum Gasteiger partial charge on any atom is -0.366 e. The van der Waals surface area contributed by atoms with Crippen LogP contribution in [0.25, 0.3) is 0 Å². The van der Waals surface area contributed by atoms with Gasteiger partial charge in [0.25, 0.3) is 5.91 Å². The Balaban J connectivity index is 2.67. The van der Waals surface area contributed by atoms with Gasteiger partial charge in [0, 0.05) is 13.1 Å². The molecular weight excluding hydrogens is 204 g/mol. The van der Waals surface area contributed by atoms with Crippen LogP contribution >= 0.6 is 0 Å². The molecule has 0 aliphatic heterocycles. The van der Waals surface area contributed by atoms with Gasteiger partial charge < -0.3 is 10.6 Å². The molecule has 2 N–H and O–H groups in total. The summed E-state index contributed by atoms with van der Waals surface area (Å²) in [6, 6.07) is 3.84. The van der Waals surface area contributed by atoms with Crippen molar-refractivity contribution < 1.29 is 4.79 Å². The van der Waals surface area contributed by atoms with Gasteiger partial charge in [-0.15, -0.1) is 10.2 Å². The van der Waals surface area contributed by atoms with E-state index in [-0.39, 0.29) is 5.91 Å². The van der Waals surface area contributed by atoms with Crippen molar-refractivity contribution >= 4 is 11.7 Å². The Hall–Kier alpha value is -1.65. The molecule has 1 heterocycles. The Morgan fingerprint density at radius 1 is 1.31 bits per heavy atom. The third-order valence-electron chi connectivity index (χ3n) is 2.46. The molecule has 0 radical (unpaired) electrons. The molecule has 0 aliphatic carbocycles. The Labute approximate surface area is 95.7 Å². The first-order valence-corrected chi connectivity index (χ1v) is 5.53. The van der Waals surface area contributed by atoms with Gasteiger partial charge in [-0.2, -0.15) is 0 Å². The average molecular weight is 222 g/mol. The number of carbonyl (C=O) groups is 1. The van der Waals surface area contributed by atoms with Crippen LogP contribution in [0.4, 0.5) is 5.82 Å². The van der Waals surface area contributed by atoms with Gasteiger partial charge in [-0.25, -0.2) is 0 Å². The molecule has 16 heavy (non-hydrogen) atoms. The van der Waals surface area contributed by atoms with E-state index in [0.29, 0.717) is 17.6 Å². The number of hydrogen-bond donors (Lipinski definition) is 2. The highest BCUT2D eigenvalue weighted by molar-refractivity contribution is 5.91. The van der Waals surface area contributed by atoms with Crippen LogP contribution < -0.4 is 10.6 Å². The van der Waals surface area contributed by atoms with E-state index in [1.54, 1.807) is 19.2 Å². The molecule has 0 unspecified atom stereocenters. The van der Waals surface area contributed by atoms with E-state index >= 15 is 0 Å². The van der Waals surface area contributed by atoms with E-state index in [9.17, 15) is 4.79 Å². The summed E-state index contributed by atoms with van der Waals surface area (Å²) in [6.07, 6.45) is 2.07. The van der Waals surface area contributed by atoms with Gasteiger partial charge in [0.2, 0.25) is 0 Å². The third kappa shape index (κ3) is 3.18. The van der Waals surface area contributed by atoms with Crippen molar-refractivity contribution in [3.8, 4) is 0 Å². The SMILES string of the molecule is CCC(CC)Nc1ccc(C(=O)NC)nn1. The van der Waals surface area contributed by atoms with Crippen LogP contribution in [-0.4, -0.2) is 29.2 Å². The van der Waals surface area contributed by atoms with E-state index in [2.05, 4.69) is 34.7 Å². The van der Waals surface area contributed by atoms with Crippen LogP contribution in [0.3, 0.4) is 0 Å². The van der Waals surface area contributed by atoms with E-state index in [1.807, 2.05) is 0 Å². The molecule has 5 heteroatoms. The van der Waals surface area contributed by atoms with Gasteiger partial charge >= 0.3 is 0 Å². The van der Waals surface area contributed by atoms with Crippen LogP contribution in [0.2, 0.25) is 0 Å². The van der Waals surface area contributed by atoms with Crippen LogP contribution in [-0.2, 0) is 0 Å². The summed E-state index contributed by atoms with van der Waals surface area (Å²) >= 11 is 0. The molecule has 1 amide bonds. The van der Waals surface area contributed by atoms with Crippen molar-refractivity contribution in [1.29, 1.82) is 0 Å². The van der Waals surface area contributed by atoms with E-state index < -0.39 is 0 Å². The molecule has 1 aromatic rings. The zero-order valence-corrected chi connectivity index (χ0v) is 9.95. The smallest absolute Gasteiger partial charge is 0.271 e. The molecule has 1 rings (SSSR count). The van der Waals surface area contributed by atoms with Crippen LogP contribution in [0.15, 0.2) is 12.1 Å². The lowest BCUT2D eigenvalue weighted by Crippen LogP contribution is -2.21. The maximum Gasteiger partial charge on any atom is 0.271 e. The van der Waals surface area contributed by atoms with Crippen LogP contribution in [0.5, 0.6) is 0 Å². The summed E-state index contributed by atoms with van der Waals surface area (Å²) in [6.45, 7) is 4.24. The molecule has 0 aromatic carbocycles. The number of nitrogens with one attached hydrogen (secondary N) is 2. The van der Waals surface area contributed by atoms with E-state index in [0.717, 1.165) is 12.8 Å². The minimum absolute atomic E-state index is 0.221. The lowest BCUT2D eigenvalue weighted by Gasteiger charge is -2.14. The predicted octanol–water partition coefficient (Wildman–Crippen LogP) is 1.44. The molecule has 88 valence electrons. The van der Waals surface area contributed by atoms with Crippen LogP contribution in [0.1, 0.15) is 37.2 Å². The minimum atomic E-state index is -0.221. The maximum absolute atomic E-state index is 11.2. The lowest BCUT2D eigenvalue weighted by atomic mass is 10.2. The Bertz CT molecular complexity index is 332. The molecule has 0 saturated heterocycles. The molecule has 0 saturated carbocycles. The van der Waals surface area contributed by atoms with Crippen molar-refractivity contribution in [3.63, 3.8) is 0 Å². The fraction of sp³-hybridized carbons (Fsp3) is 0.545. The number of carbonyl (C=O) groups excluding carboxylic acids is 1. The number of nitrogens with zero attached hydrogens (tertiary/aromatic N) is 2. The van der Waals surface area contributed by atoms with Crippen LogP contribution in [0, 0.1) is 0 Å². The van der Waals surface area contributed by atoms with Gasteiger partial charge in [-0.05, 0) is 25.0 Å². The quantitative estimate of drug-likeness (QED) is 0.791. The lowest BCUT2D eigenvalue weighted by molar-refractivity contribution is 0.0957. The summed E-state index contributed by atoms with van der Waals surface area (Å²) < 4.78 is 0. The number of aromatic nitrogens is 2. The fourth-order valence-corrected chi connectivity index (χ4v) is 1.36. The number of amides is 1. The standard InChI is InChI=1S/C11H18N4O/c1-4-8(5-2)13-10-7-6-9(14-15-10)11(16)12-3/h6-8H,4-5H2,1-3H3,(H,12,16)(H,13,15). The van der Waals surface area contributed by atoms with Gasteiger partial charge in [-0.1, -0.05) is 13.8 Å². The Kier molecular flexibility index (Phi) is 4.69. The molecule has 0 atom stereocenters. The molecule has 1 aromatic heterocycles. The second-order valence-electron chi connectivity index (χ2n) is 3.54. The second-order valence-corrected chi connectivity index (χ2v) is 3.54. The first kappa shape index (κ1) is 12.4. The number of anilines is 1. The van der Waals surface area contributed by atoms with Gasteiger partial charge in [-0.3, -0.25) is 4.79 Å². The largest absolute Gasteiger partial charge is 0.366 e. The normalized spacial score (nSPS) is 10.2. The topological polar surface area (TPSA) is 66.9 Å². The van der Waals surface area contributed by atoms with E-state index in [1.165, 1.54) is 0 Å². The van der Waals surface area contributed by atoms with E-state index in [4.69, 9.17) is 0 Å². The highest BCUT2D eigenvalue weighted by atomic mass is 16.1. The summed E-state index contributed by atoms with van der Waals surface area (Å²) in [7, 11) is 1.57. The average Bonchev–Trinajstić information content (AvgIpc) is 2.35. The first-order valence-electron chi connectivity index (χ1n) is 5.53. The van der Waals surface area contributed by atoms with Crippen molar-refractivity contribution in [1.82, 2.24) is 15.5 Å². The summed E-state index contributed by atoms with van der Waals surface area (Å²) in [5.74, 6) is 0.489. The number of rotatable bonds is 5. The Morgan fingerprint density at radius 2 is 2.00 bits per heavy atom. The monoisotopic (exact) mass is 222 g/mol. The zero-order chi connectivity index (χ0) is 12.0. The second kappa shape index (κ2) is 6.05. The Morgan fingerprint density at radius 3 is 2.44 bits per heavy atom. The molecule has 5 nitrogen and oxygen atoms in total. The summed E-state index contributed by atoms with van der Waals surface area (Å²) in [5, 5.41) is 13.6. The van der Waals surface area contributed by atoms with Gasteiger partial charge in [0.05, 0.1) is 0 Å². The van der Waals surface area contributed by atoms with Gasteiger partial charge in [0.1, 0.15) is 5.82 Å².